The number of ether oxygens (including phenoxy) is 2. The summed E-state index contributed by atoms with van der Waals surface area (Å²) < 4.78 is 9.53. The van der Waals surface area contributed by atoms with Gasteiger partial charge in [0.05, 0.1) is 12.0 Å². The van der Waals surface area contributed by atoms with Crippen LogP contribution in [-0.2, 0) is 4.74 Å². The first-order valence-electron chi connectivity index (χ1n) is 5.00. The molecule has 2 aromatic heterocycles. The Morgan fingerprint density at radius 3 is 3.12 bits per heavy atom. The minimum atomic E-state index is -0.740. The second kappa shape index (κ2) is 5.40. The van der Waals surface area contributed by atoms with E-state index in [4.69, 9.17) is 4.74 Å². The zero-order valence-corrected chi connectivity index (χ0v) is 9.94. The molecular formula is C11H10N2O3S. The molecule has 2 aromatic rings. The standard InChI is InChI=1S/C11H10N2O3S/c1-2-15-11(14)16-9-7-17-10(13-9)8-4-3-5-12-6-8/h3-7H,2H2,1H3. The number of aromatic nitrogens is 2. The lowest BCUT2D eigenvalue weighted by molar-refractivity contribution is 0.103. The van der Waals surface area contributed by atoms with Crippen LogP contribution in [0.2, 0.25) is 0 Å². The van der Waals surface area contributed by atoms with Gasteiger partial charge < -0.3 is 9.47 Å². The average Bonchev–Trinajstić information content (AvgIpc) is 2.79. The van der Waals surface area contributed by atoms with Gasteiger partial charge in [-0.25, -0.2) is 9.78 Å². The summed E-state index contributed by atoms with van der Waals surface area (Å²) in [5.41, 5.74) is 0.885. The predicted molar refractivity (Wildman–Crippen MR) is 63.0 cm³/mol. The van der Waals surface area contributed by atoms with Crippen LogP contribution in [0.1, 0.15) is 6.92 Å². The van der Waals surface area contributed by atoms with Crippen molar-refractivity contribution in [1.82, 2.24) is 9.97 Å². The highest BCUT2D eigenvalue weighted by molar-refractivity contribution is 7.13. The van der Waals surface area contributed by atoms with Gasteiger partial charge in [0.15, 0.2) is 0 Å². The number of nitrogens with zero attached hydrogens (tertiary/aromatic N) is 2. The van der Waals surface area contributed by atoms with Crippen molar-refractivity contribution in [2.45, 2.75) is 6.92 Å². The lowest BCUT2D eigenvalue weighted by Crippen LogP contribution is -2.10. The molecule has 0 bridgehead atoms. The van der Waals surface area contributed by atoms with Crippen molar-refractivity contribution in [1.29, 1.82) is 0 Å². The highest BCUT2D eigenvalue weighted by Crippen LogP contribution is 2.26. The first kappa shape index (κ1) is 11.5. The van der Waals surface area contributed by atoms with Gasteiger partial charge in [-0.15, -0.1) is 11.3 Å². The van der Waals surface area contributed by atoms with E-state index < -0.39 is 6.16 Å². The van der Waals surface area contributed by atoms with Crippen LogP contribution in [0.3, 0.4) is 0 Å². The van der Waals surface area contributed by atoms with E-state index in [1.807, 2.05) is 12.1 Å². The highest BCUT2D eigenvalue weighted by Gasteiger charge is 2.10. The topological polar surface area (TPSA) is 61.3 Å². The molecule has 0 atom stereocenters. The zero-order chi connectivity index (χ0) is 12.1. The summed E-state index contributed by atoms with van der Waals surface area (Å²) in [6.45, 7) is 1.99. The molecule has 2 rings (SSSR count). The van der Waals surface area contributed by atoms with E-state index in [-0.39, 0.29) is 12.5 Å². The van der Waals surface area contributed by atoms with Crippen LogP contribution in [0.25, 0.3) is 10.6 Å². The smallest absolute Gasteiger partial charge is 0.434 e. The summed E-state index contributed by atoms with van der Waals surface area (Å²) in [6, 6.07) is 3.71. The van der Waals surface area contributed by atoms with Crippen molar-refractivity contribution in [2.75, 3.05) is 6.61 Å². The molecule has 6 heteroatoms. The molecule has 0 N–H and O–H groups in total. The molecule has 0 aliphatic carbocycles. The van der Waals surface area contributed by atoms with E-state index in [2.05, 4.69) is 14.7 Å². The van der Waals surface area contributed by atoms with Crippen LogP contribution in [0.5, 0.6) is 5.88 Å². The number of carbonyl (C=O) groups is 1. The Hall–Kier alpha value is -1.95. The van der Waals surface area contributed by atoms with Crippen molar-refractivity contribution in [3.63, 3.8) is 0 Å². The number of thiazole rings is 1. The van der Waals surface area contributed by atoms with Crippen LogP contribution >= 0.6 is 11.3 Å². The molecule has 0 saturated carbocycles. The first-order chi connectivity index (χ1) is 8.29. The number of carbonyl (C=O) groups excluding carboxylic acids is 1. The Morgan fingerprint density at radius 1 is 1.53 bits per heavy atom. The fraction of sp³-hybridized carbons (Fsp3) is 0.182. The predicted octanol–water partition coefficient (Wildman–Crippen LogP) is 2.74. The van der Waals surface area contributed by atoms with Gasteiger partial charge >= 0.3 is 6.16 Å². The minimum Gasteiger partial charge on any atom is -0.434 e. The lowest BCUT2D eigenvalue weighted by Gasteiger charge is -1.99. The van der Waals surface area contributed by atoms with E-state index in [1.165, 1.54) is 11.3 Å². The quantitative estimate of drug-likeness (QED) is 0.784. The third kappa shape index (κ3) is 3.01. The number of hydrogen-bond donors (Lipinski definition) is 0. The Balaban J connectivity index is 2.09. The monoisotopic (exact) mass is 250 g/mol. The molecule has 5 nitrogen and oxygen atoms in total. The Morgan fingerprint density at radius 2 is 2.41 bits per heavy atom. The van der Waals surface area contributed by atoms with Gasteiger partial charge in [-0.2, -0.15) is 0 Å². The van der Waals surface area contributed by atoms with Crippen LogP contribution < -0.4 is 4.74 Å². The highest BCUT2D eigenvalue weighted by atomic mass is 32.1. The molecule has 0 unspecified atom stereocenters. The van der Waals surface area contributed by atoms with Gasteiger partial charge in [0.25, 0.3) is 0 Å². The van der Waals surface area contributed by atoms with Gasteiger partial charge in [0.2, 0.25) is 5.88 Å². The van der Waals surface area contributed by atoms with Gasteiger partial charge in [0, 0.05) is 18.0 Å². The molecule has 0 spiro atoms. The first-order valence-corrected chi connectivity index (χ1v) is 5.88. The third-order valence-corrected chi connectivity index (χ3v) is 2.71. The van der Waals surface area contributed by atoms with Crippen molar-refractivity contribution in [2.24, 2.45) is 0 Å². The summed E-state index contributed by atoms with van der Waals surface area (Å²) in [5.74, 6) is 0.243. The Bertz CT molecular complexity index is 498. The summed E-state index contributed by atoms with van der Waals surface area (Å²) >= 11 is 1.38. The average molecular weight is 250 g/mol. The summed E-state index contributed by atoms with van der Waals surface area (Å²) in [4.78, 5) is 19.2. The largest absolute Gasteiger partial charge is 0.515 e. The molecule has 2 heterocycles. The molecule has 88 valence electrons. The van der Waals surface area contributed by atoms with E-state index >= 15 is 0 Å². The van der Waals surface area contributed by atoms with E-state index in [0.29, 0.717) is 0 Å². The number of hydrogen-bond acceptors (Lipinski definition) is 6. The van der Waals surface area contributed by atoms with Gasteiger partial charge in [0.1, 0.15) is 5.01 Å². The molecule has 17 heavy (non-hydrogen) atoms. The zero-order valence-electron chi connectivity index (χ0n) is 9.12. The third-order valence-electron chi connectivity index (χ3n) is 1.84. The van der Waals surface area contributed by atoms with Crippen LogP contribution in [0, 0.1) is 0 Å². The molecule has 0 aliphatic heterocycles. The van der Waals surface area contributed by atoms with Gasteiger partial charge in [-0.05, 0) is 19.1 Å². The van der Waals surface area contributed by atoms with Crippen molar-refractivity contribution >= 4 is 17.5 Å². The second-order valence-electron chi connectivity index (χ2n) is 3.02. The fourth-order valence-corrected chi connectivity index (χ4v) is 1.87. The molecule has 0 saturated heterocycles. The second-order valence-corrected chi connectivity index (χ2v) is 3.88. The Kier molecular flexibility index (Phi) is 3.66. The molecule has 0 aromatic carbocycles. The summed E-state index contributed by atoms with van der Waals surface area (Å²) in [6.07, 6.45) is 2.65. The summed E-state index contributed by atoms with van der Waals surface area (Å²) in [5, 5.41) is 2.40. The molecule has 0 aliphatic rings. The van der Waals surface area contributed by atoms with E-state index in [0.717, 1.165) is 10.6 Å². The van der Waals surface area contributed by atoms with Crippen molar-refractivity contribution < 1.29 is 14.3 Å². The van der Waals surface area contributed by atoms with E-state index in [1.54, 1.807) is 24.7 Å². The van der Waals surface area contributed by atoms with E-state index in [9.17, 15) is 4.79 Å². The van der Waals surface area contributed by atoms with Crippen molar-refractivity contribution in [3.8, 4) is 16.5 Å². The number of rotatable bonds is 3. The van der Waals surface area contributed by atoms with Crippen LogP contribution in [-0.4, -0.2) is 22.7 Å². The minimum absolute atomic E-state index is 0.243. The SMILES string of the molecule is CCOC(=O)Oc1csc(-c2cccnc2)n1. The van der Waals surface area contributed by atoms with Crippen LogP contribution in [0.4, 0.5) is 4.79 Å². The van der Waals surface area contributed by atoms with Crippen LogP contribution in [0.15, 0.2) is 29.9 Å². The molecule has 0 fully saturated rings. The van der Waals surface area contributed by atoms with Crippen molar-refractivity contribution in [3.05, 3.63) is 29.9 Å². The maximum Gasteiger partial charge on any atom is 0.515 e. The van der Waals surface area contributed by atoms with Gasteiger partial charge in [-0.1, -0.05) is 0 Å². The maximum absolute atomic E-state index is 11.1. The Labute approximate surface area is 102 Å². The maximum atomic E-state index is 11.1. The fourth-order valence-electron chi connectivity index (χ4n) is 1.16. The number of pyridine rings is 1. The normalized spacial score (nSPS) is 9.94. The molecule has 0 radical (unpaired) electrons. The summed E-state index contributed by atoms with van der Waals surface area (Å²) in [7, 11) is 0. The lowest BCUT2D eigenvalue weighted by atomic mass is 10.3. The molecule has 0 amide bonds. The van der Waals surface area contributed by atoms with Gasteiger partial charge in [-0.3, -0.25) is 4.98 Å². The molecular weight excluding hydrogens is 240 g/mol.